The van der Waals surface area contributed by atoms with Gasteiger partial charge < -0.3 is 0 Å². The molecule has 0 radical (unpaired) electrons. The van der Waals surface area contributed by atoms with E-state index in [2.05, 4.69) is 0 Å². The van der Waals surface area contributed by atoms with E-state index in [0.29, 0.717) is 0 Å². The summed E-state index contributed by atoms with van der Waals surface area (Å²) in [5.74, 6) is 0. The van der Waals surface area contributed by atoms with Crippen LogP contribution in [0.2, 0.25) is 0 Å². The molecule has 0 bridgehead atoms. The Kier molecular flexibility index (Phi) is 5.02. The van der Waals surface area contributed by atoms with Gasteiger partial charge in [0, 0.05) is 19.5 Å². The van der Waals surface area contributed by atoms with Crippen LogP contribution in [0, 0.1) is 0 Å². The third-order valence-electron chi connectivity index (χ3n) is 0. The Labute approximate surface area is 51.6 Å². The Bertz CT molecular complexity index is 90.7. The van der Waals surface area contributed by atoms with Crippen molar-refractivity contribution in [2.45, 2.75) is 0 Å². The maximum absolute atomic E-state index is 8.85. The van der Waals surface area contributed by atoms with E-state index in [1.54, 1.807) is 0 Å². The van der Waals surface area contributed by atoms with Crippen LogP contribution in [0.1, 0.15) is 0 Å². The van der Waals surface area contributed by atoms with Gasteiger partial charge in [-0.2, -0.15) is 0 Å². The molecule has 0 saturated carbocycles. The molecule has 0 fully saturated rings. The molecule has 0 aliphatic carbocycles. The van der Waals surface area contributed by atoms with Crippen molar-refractivity contribution in [3.05, 3.63) is 0 Å². The molecule has 2 N–H and O–H groups in total. The minimum absolute atomic E-state index is 0. The average molecular weight is 259 g/mol. The zero-order valence-electron chi connectivity index (χ0n) is 2.83. The third-order valence-corrected chi connectivity index (χ3v) is 0. The van der Waals surface area contributed by atoms with Gasteiger partial charge in [-0.1, -0.05) is 0 Å². The van der Waals surface area contributed by atoms with E-state index in [1.807, 2.05) is 0 Å². The van der Waals surface area contributed by atoms with E-state index < -0.39 is 19.0 Å². The predicted molar refractivity (Wildman–Crippen MR) is 11.6 cm³/mol. The fourth-order valence-electron chi connectivity index (χ4n) is 0. The summed E-state index contributed by atoms with van der Waals surface area (Å²) < 4.78 is 32.0. The van der Waals surface area contributed by atoms with Gasteiger partial charge in [-0.3, -0.25) is 0 Å². The van der Waals surface area contributed by atoms with Crippen molar-refractivity contribution < 1.29 is 32.6 Å². The fraction of sp³-hybridized carbons (Fsp3) is 0. The van der Waals surface area contributed by atoms with Gasteiger partial charge in [0.25, 0.3) is 0 Å². The molecule has 0 unspecified atom stereocenters. The van der Waals surface area contributed by atoms with Crippen LogP contribution in [0.15, 0.2) is 0 Å². The molecule has 4 nitrogen and oxygen atoms in total. The predicted octanol–water partition coefficient (Wildman–Crippen LogP) is -1.73. The average Bonchev–Trinajstić information content (AvgIpc) is 0.722. The zero-order valence-corrected chi connectivity index (χ0v) is 8.12. The van der Waals surface area contributed by atoms with E-state index in [0.717, 1.165) is 0 Å². The Hall–Kier alpha value is 0.933. The third kappa shape index (κ3) is 87.7. The summed E-state index contributed by atoms with van der Waals surface area (Å²) in [6, 6.07) is 0. The first-order valence-corrected chi connectivity index (χ1v) is 4.69. The van der Waals surface area contributed by atoms with Crippen molar-refractivity contribution in [2.75, 3.05) is 0 Å². The molecule has 0 heterocycles. The topological polar surface area (TPSA) is 74.6 Å². The minimum Gasteiger partial charge on any atom is 0 e. The molecule has 6 heteroatoms. The monoisotopic (exact) mass is 260 g/mol. The maximum Gasteiger partial charge on any atom is 0 e. The van der Waals surface area contributed by atoms with Crippen molar-refractivity contribution in [1.29, 1.82) is 0 Å². The molecule has 0 aliphatic rings. The number of rotatable bonds is 0. The molecular weight excluding hydrogens is 257 g/mol. The van der Waals surface area contributed by atoms with Gasteiger partial charge in [-0.05, 0) is 0 Å². The molecule has 34 valence electrons. The van der Waals surface area contributed by atoms with Crippen LogP contribution >= 0.6 is 0 Å². The Morgan fingerprint density at radius 3 is 1.17 bits per heavy atom. The molecular formula is H2O4TeZn. The summed E-state index contributed by atoms with van der Waals surface area (Å²) in [5.41, 5.74) is 0. The van der Waals surface area contributed by atoms with E-state index in [9.17, 15) is 0 Å². The minimum atomic E-state index is -5.52. The molecule has 0 saturated heterocycles. The van der Waals surface area contributed by atoms with Gasteiger partial charge in [-0.25, -0.2) is 0 Å². The van der Waals surface area contributed by atoms with Crippen LogP contribution in [0.5, 0.6) is 0 Å². The van der Waals surface area contributed by atoms with Crippen LogP contribution in [0.25, 0.3) is 0 Å². The second-order valence-corrected chi connectivity index (χ2v) is 3.00. The van der Waals surface area contributed by atoms with Crippen LogP contribution in [0.4, 0.5) is 0 Å². The molecule has 0 amide bonds. The maximum atomic E-state index is 8.85. The van der Waals surface area contributed by atoms with Crippen LogP contribution in [-0.4, -0.2) is 25.9 Å². The first-order chi connectivity index (χ1) is 2.00. The Balaban J connectivity index is 0. The first-order valence-electron chi connectivity index (χ1n) is 0.698. The zero-order chi connectivity index (χ0) is 4.50. The van der Waals surface area contributed by atoms with Gasteiger partial charge in [0.2, 0.25) is 0 Å². The second-order valence-electron chi connectivity index (χ2n) is 0.448. The number of hydrogen-bond acceptors (Lipinski definition) is 2. The van der Waals surface area contributed by atoms with Crippen LogP contribution in [0.3, 0.4) is 0 Å². The second kappa shape index (κ2) is 3.00. The van der Waals surface area contributed by atoms with Crippen molar-refractivity contribution in [2.24, 2.45) is 0 Å². The van der Waals surface area contributed by atoms with E-state index >= 15 is 0 Å². The van der Waals surface area contributed by atoms with Crippen LogP contribution < -0.4 is 0 Å². The standard InChI is InChI=1S/H2O4Te.Zn/c1-5(2,3)4;/h(H2,1,2,3,4);. The molecule has 0 rings (SSSR count). The Morgan fingerprint density at radius 2 is 1.17 bits per heavy atom. The summed E-state index contributed by atoms with van der Waals surface area (Å²) in [4.78, 5) is 0. The summed E-state index contributed by atoms with van der Waals surface area (Å²) >= 11 is -5.52. The summed E-state index contributed by atoms with van der Waals surface area (Å²) in [7, 11) is 0. The number of hydrogen-bond donors (Lipinski definition) is 2. The quantitative estimate of drug-likeness (QED) is 0.507. The van der Waals surface area contributed by atoms with Crippen molar-refractivity contribution >= 4 is 19.0 Å². The van der Waals surface area contributed by atoms with Gasteiger partial charge >= 0.3 is 32.1 Å². The molecule has 0 atom stereocenters. The molecule has 0 aliphatic heterocycles. The fourth-order valence-corrected chi connectivity index (χ4v) is 0. The molecule has 0 aromatic carbocycles. The van der Waals surface area contributed by atoms with E-state index in [4.69, 9.17) is 13.2 Å². The Morgan fingerprint density at radius 1 is 1.17 bits per heavy atom. The SMILES string of the molecule is O=[Te](=O)(O)O.[Zn]. The largest absolute Gasteiger partial charge is 0 e. The van der Waals surface area contributed by atoms with Gasteiger partial charge in [0.15, 0.2) is 0 Å². The normalized spacial score (nSPS) is 9.67. The van der Waals surface area contributed by atoms with Gasteiger partial charge in [-0.15, -0.1) is 0 Å². The first kappa shape index (κ1) is 10.0. The molecule has 0 spiro atoms. The summed E-state index contributed by atoms with van der Waals surface area (Å²) in [6.45, 7) is 0. The molecule has 0 aromatic heterocycles. The molecule has 6 heavy (non-hydrogen) atoms. The van der Waals surface area contributed by atoms with Crippen molar-refractivity contribution in [3.8, 4) is 0 Å². The van der Waals surface area contributed by atoms with E-state index in [1.165, 1.54) is 0 Å². The summed E-state index contributed by atoms with van der Waals surface area (Å²) in [6.07, 6.45) is 0. The van der Waals surface area contributed by atoms with Crippen molar-refractivity contribution in [3.63, 3.8) is 0 Å². The van der Waals surface area contributed by atoms with Gasteiger partial charge in [0.05, 0.1) is 0 Å². The van der Waals surface area contributed by atoms with E-state index in [-0.39, 0.29) is 19.5 Å². The van der Waals surface area contributed by atoms with Gasteiger partial charge in [0.1, 0.15) is 0 Å². The van der Waals surface area contributed by atoms with Crippen molar-refractivity contribution in [1.82, 2.24) is 0 Å². The molecule has 0 aromatic rings. The summed E-state index contributed by atoms with van der Waals surface area (Å²) in [5, 5.41) is 0. The van der Waals surface area contributed by atoms with Crippen LogP contribution in [-0.2, 0) is 25.7 Å². The smallest absolute Gasteiger partial charge is 0 e.